The zero-order valence-electron chi connectivity index (χ0n) is 5.91. The van der Waals surface area contributed by atoms with E-state index in [2.05, 4.69) is 23.4 Å². The fourth-order valence-corrected chi connectivity index (χ4v) is 0.816. The molecule has 50 valence electrons. The van der Waals surface area contributed by atoms with Gasteiger partial charge in [0.05, 0.1) is 6.33 Å². The first-order valence-corrected chi connectivity index (χ1v) is 3.25. The van der Waals surface area contributed by atoms with E-state index in [1.54, 1.807) is 0 Å². The first kappa shape index (κ1) is 6.33. The summed E-state index contributed by atoms with van der Waals surface area (Å²) in [5.74, 6) is 0.708. The molecule has 0 N–H and O–H groups in total. The Hall–Kier alpha value is -0.790. The summed E-state index contributed by atoms with van der Waals surface area (Å²) in [4.78, 5) is 3.94. The Morgan fingerprint density at radius 1 is 1.56 bits per heavy atom. The number of hydrogen-bond acceptors (Lipinski definition) is 1. The predicted octanol–water partition coefficient (Wildman–Crippen LogP) is 1.54. The molecule has 9 heavy (non-hydrogen) atoms. The van der Waals surface area contributed by atoms with Crippen LogP contribution in [0.15, 0.2) is 18.7 Å². The van der Waals surface area contributed by atoms with Crippen molar-refractivity contribution in [3.8, 4) is 0 Å². The van der Waals surface area contributed by atoms with E-state index in [1.807, 2.05) is 18.7 Å². The third-order valence-corrected chi connectivity index (χ3v) is 1.14. The van der Waals surface area contributed by atoms with Gasteiger partial charge >= 0.3 is 0 Å². The summed E-state index contributed by atoms with van der Waals surface area (Å²) in [5.41, 5.74) is 0. The van der Waals surface area contributed by atoms with Crippen molar-refractivity contribution in [1.82, 2.24) is 9.55 Å². The minimum absolute atomic E-state index is 0.708. The van der Waals surface area contributed by atoms with Crippen LogP contribution in [0, 0.1) is 5.92 Å². The predicted molar refractivity (Wildman–Crippen MR) is 37.1 cm³/mol. The highest BCUT2D eigenvalue weighted by atomic mass is 15.0. The molecule has 1 aromatic heterocycles. The summed E-state index contributed by atoms with van der Waals surface area (Å²) in [7, 11) is 0. The summed E-state index contributed by atoms with van der Waals surface area (Å²) in [6.07, 6.45) is 5.64. The summed E-state index contributed by atoms with van der Waals surface area (Å²) in [5, 5.41) is 0. The van der Waals surface area contributed by atoms with E-state index < -0.39 is 0 Å². The number of nitrogens with zero attached hydrogens (tertiary/aromatic N) is 2. The van der Waals surface area contributed by atoms with Crippen molar-refractivity contribution in [1.29, 1.82) is 0 Å². The van der Waals surface area contributed by atoms with Crippen LogP contribution in [0.25, 0.3) is 0 Å². The molecule has 0 fully saturated rings. The lowest BCUT2D eigenvalue weighted by Crippen LogP contribution is -2.00. The highest BCUT2D eigenvalue weighted by Crippen LogP contribution is 1.96. The quantitative estimate of drug-likeness (QED) is 0.584. The topological polar surface area (TPSA) is 17.8 Å². The van der Waals surface area contributed by atoms with Gasteiger partial charge in [0.15, 0.2) is 0 Å². The van der Waals surface area contributed by atoms with Crippen LogP contribution in [0.1, 0.15) is 13.8 Å². The van der Waals surface area contributed by atoms with Crippen molar-refractivity contribution in [2.24, 2.45) is 5.92 Å². The molecular formula is C7H12N2. The Labute approximate surface area is 55.5 Å². The van der Waals surface area contributed by atoms with E-state index >= 15 is 0 Å². The minimum atomic E-state index is 0.708. The van der Waals surface area contributed by atoms with Crippen molar-refractivity contribution >= 4 is 0 Å². The first-order chi connectivity index (χ1) is 4.29. The Morgan fingerprint density at radius 2 is 2.33 bits per heavy atom. The van der Waals surface area contributed by atoms with Gasteiger partial charge in [-0.3, -0.25) is 0 Å². The normalized spacial score (nSPS) is 10.6. The van der Waals surface area contributed by atoms with Crippen LogP contribution in [0.5, 0.6) is 0 Å². The van der Waals surface area contributed by atoms with Crippen LogP contribution >= 0.6 is 0 Å². The number of imidazole rings is 1. The van der Waals surface area contributed by atoms with E-state index in [1.165, 1.54) is 0 Å². The lowest BCUT2D eigenvalue weighted by Gasteiger charge is -2.03. The second kappa shape index (κ2) is 2.67. The molecule has 0 aliphatic heterocycles. The molecule has 2 heteroatoms. The maximum atomic E-state index is 3.94. The van der Waals surface area contributed by atoms with Gasteiger partial charge in [0, 0.05) is 18.9 Å². The SMILES string of the molecule is CC(C)Cn1ccnc1. The van der Waals surface area contributed by atoms with Crippen molar-refractivity contribution in [2.45, 2.75) is 20.4 Å². The van der Waals surface area contributed by atoms with Crippen LogP contribution in [-0.4, -0.2) is 9.55 Å². The molecule has 0 aromatic carbocycles. The van der Waals surface area contributed by atoms with Gasteiger partial charge in [-0.1, -0.05) is 13.8 Å². The average molecular weight is 124 g/mol. The molecule has 0 atom stereocenters. The zero-order chi connectivity index (χ0) is 6.69. The van der Waals surface area contributed by atoms with Crippen LogP contribution in [0.3, 0.4) is 0 Å². The van der Waals surface area contributed by atoms with Gasteiger partial charge in [-0.15, -0.1) is 0 Å². The van der Waals surface area contributed by atoms with Gasteiger partial charge in [-0.25, -0.2) is 4.98 Å². The average Bonchev–Trinajstić information content (AvgIpc) is 2.15. The van der Waals surface area contributed by atoms with Crippen molar-refractivity contribution in [3.05, 3.63) is 18.7 Å². The summed E-state index contributed by atoms with van der Waals surface area (Å²) < 4.78 is 2.09. The molecule has 0 aliphatic rings. The van der Waals surface area contributed by atoms with Crippen LogP contribution in [0.4, 0.5) is 0 Å². The monoisotopic (exact) mass is 124 g/mol. The van der Waals surface area contributed by atoms with Gasteiger partial charge < -0.3 is 4.57 Å². The lowest BCUT2D eigenvalue weighted by atomic mass is 10.2. The third kappa shape index (κ3) is 1.88. The van der Waals surface area contributed by atoms with Crippen LogP contribution in [-0.2, 0) is 6.54 Å². The highest BCUT2D eigenvalue weighted by Gasteiger charge is 1.92. The molecule has 0 aliphatic carbocycles. The second-order valence-corrected chi connectivity index (χ2v) is 2.65. The van der Waals surface area contributed by atoms with Crippen molar-refractivity contribution in [2.75, 3.05) is 0 Å². The largest absolute Gasteiger partial charge is 0.337 e. The molecule has 0 saturated carbocycles. The van der Waals surface area contributed by atoms with E-state index in [0.717, 1.165) is 6.54 Å². The third-order valence-electron chi connectivity index (χ3n) is 1.14. The molecule has 0 amide bonds. The second-order valence-electron chi connectivity index (χ2n) is 2.65. The van der Waals surface area contributed by atoms with Crippen molar-refractivity contribution in [3.63, 3.8) is 0 Å². The fourth-order valence-electron chi connectivity index (χ4n) is 0.816. The lowest BCUT2D eigenvalue weighted by molar-refractivity contribution is 0.523. The van der Waals surface area contributed by atoms with Crippen LogP contribution < -0.4 is 0 Å². The van der Waals surface area contributed by atoms with Crippen LogP contribution in [0.2, 0.25) is 0 Å². The van der Waals surface area contributed by atoms with Gasteiger partial charge in [-0.05, 0) is 5.92 Å². The molecule has 1 heterocycles. The molecule has 0 bridgehead atoms. The zero-order valence-corrected chi connectivity index (χ0v) is 5.91. The van der Waals surface area contributed by atoms with E-state index in [0.29, 0.717) is 5.92 Å². The first-order valence-electron chi connectivity index (χ1n) is 3.25. The van der Waals surface area contributed by atoms with E-state index in [-0.39, 0.29) is 0 Å². The molecule has 1 rings (SSSR count). The maximum absolute atomic E-state index is 3.94. The molecular weight excluding hydrogens is 112 g/mol. The molecule has 0 unspecified atom stereocenters. The van der Waals surface area contributed by atoms with Gasteiger partial charge in [0.2, 0.25) is 0 Å². The Kier molecular flexibility index (Phi) is 1.88. The summed E-state index contributed by atoms with van der Waals surface area (Å²) in [6, 6.07) is 0. The van der Waals surface area contributed by atoms with Gasteiger partial charge in [0.25, 0.3) is 0 Å². The van der Waals surface area contributed by atoms with Crippen molar-refractivity contribution < 1.29 is 0 Å². The Bertz CT molecular complexity index is 153. The maximum Gasteiger partial charge on any atom is 0.0945 e. The smallest absolute Gasteiger partial charge is 0.0945 e. The summed E-state index contributed by atoms with van der Waals surface area (Å²) in [6.45, 7) is 5.46. The standard InChI is InChI=1S/C7H12N2/c1-7(2)5-9-4-3-8-6-9/h3-4,6-7H,5H2,1-2H3. The van der Waals surface area contributed by atoms with Gasteiger partial charge in [0.1, 0.15) is 0 Å². The number of aromatic nitrogens is 2. The molecule has 2 nitrogen and oxygen atoms in total. The highest BCUT2D eigenvalue weighted by molar-refractivity contribution is 4.74. The number of rotatable bonds is 2. The Morgan fingerprint density at radius 3 is 2.78 bits per heavy atom. The molecule has 1 aromatic rings. The van der Waals surface area contributed by atoms with E-state index in [9.17, 15) is 0 Å². The fraction of sp³-hybridized carbons (Fsp3) is 0.571. The van der Waals surface area contributed by atoms with Gasteiger partial charge in [-0.2, -0.15) is 0 Å². The Balaban J connectivity index is 2.48. The minimum Gasteiger partial charge on any atom is -0.337 e. The molecule has 0 spiro atoms. The summed E-state index contributed by atoms with van der Waals surface area (Å²) >= 11 is 0. The molecule has 0 saturated heterocycles. The van der Waals surface area contributed by atoms with E-state index in [4.69, 9.17) is 0 Å². The number of hydrogen-bond donors (Lipinski definition) is 0. The molecule has 0 radical (unpaired) electrons.